The van der Waals surface area contributed by atoms with Crippen molar-refractivity contribution >= 4 is 44.7 Å². The predicted molar refractivity (Wildman–Crippen MR) is 84.3 cm³/mol. The zero-order valence-corrected chi connectivity index (χ0v) is 12.9. The Morgan fingerprint density at radius 2 is 1.76 bits per heavy atom. The van der Waals surface area contributed by atoms with Gasteiger partial charge in [-0.1, -0.05) is 24.4 Å². The van der Waals surface area contributed by atoms with Gasteiger partial charge in [-0.05, 0) is 40.2 Å². The van der Waals surface area contributed by atoms with Gasteiger partial charge in [0.15, 0.2) is 0 Å². The molecule has 3 nitrogen and oxygen atoms in total. The number of thiocarbonyl (C=S) groups is 1. The van der Waals surface area contributed by atoms with Gasteiger partial charge >= 0.3 is 0 Å². The summed E-state index contributed by atoms with van der Waals surface area (Å²) < 4.78 is 27.2. The molecule has 0 fully saturated rings. The summed E-state index contributed by atoms with van der Waals surface area (Å²) in [6, 6.07) is 8.10. The molecule has 0 aliphatic rings. The van der Waals surface area contributed by atoms with Crippen molar-refractivity contribution in [3.63, 3.8) is 0 Å². The van der Waals surface area contributed by atoms with Gasteiger partial charge in [0.25, 0.3) is 5.91 Å². The third kappa shape index (κ3) is 3.25. The second-order valence-electron chi connectivity index (χ2n) is 4.08. The highest BCUT2D eigenvalue weighted by atomic mass is 79.9. The Bertz CT molecular complexity index is 737. The third-order valence-corrected chi connectivity index (χ3v) is 3.71. The molecular weight excluding hydrogens is 362 g/mol. The predicted octanol–water partition coefficient (Wildman–Crippen LogP) is 3.61. The van der Waals surface area contributed by atoms with Gasteiger partial charge in [0.05, 0.1) is 21.3 Å². The molecule has 2 aromatic rings. The number of nitrogens with one attached hydrogen (secondary N) is 1. The highest BCUT2D eigenvalue weighted by Gasteiger charge is 2.17. The van der Waals surface area contributed by atoms with Gasteiger partial charge in [0.2, 0.25) is 0 Å². The summed E-state index contributed by atoms with van der Waals surface area (Å²) in [6.45, 7) is 0. The number of benzene rings is 2. The third-order valence-electron chi connectivity index (χ3n) is 2.70. The summed E-state index contributed by atoms with van der Waals surface area (Å²) in [7, 11) is 0. The summed E-state index contributed by atoms with van der Waals surface area (Å²) in [5.41, 5.74) is 5.60. The maximum Gasteiger partial charge on any atom is 0.256 e. The topological polar surface area (TPSA) is 55.1 Å². The minimum absolute atomic E-state index is 0.0239. The van der Waals surface area contributed by atoms with Gasteiger partial charge in [-0.15, -0.1) is 0 Å². The molecule has 2 aromatic carbocycles. The summed E-state index contributed by atoms with van der Waals surface area (Å²) in [6.07, 6.45) is 0. The lowest BCUT2D eigenvalue weighted by molar-refractivity contribution is 0.102. The van der Waals surface area contributed by atoms with Crippen molar-refractivity contribution in [3.8, 4) is 0 Å². The van der Waals surface area contributed by atoms with E-state index >= 15 is 0 Å². The van der Waals surface area contributed by atoms with Gasteiger partial charge in [-0.2, -0.15) is 0 Å². The number of nitrogens with two attached hydrogens (primary N) is 1. The van der Waals surface area contributed by atoms with Crippen LogP contribution in [-0.2, 0) is 0 Å². The molecule has 0 aliphatic heterocycles. The molecule has 7 heteroatoms. The quantitative estimate of drug-likeness (QED) is 0.811. The molecule has 0 unspecified atom stereocenters. The minimum Gasteiger partial charge on any atom is -0.389 e. The van der Waals surface area contributed by atoms with Crippen molar-refractivity contribution in [3.05, 3.63) is 63.6 Å². The van der Waals surface area contributed by atoms with E-state index in [4.69, 9.17) is 18.0 Å². The van der Waals surface area contributed by atoms with E-state index in [9.17, 15) is 13.6 Å². The smallest absolute Gasteiger partial charge is 0.256 e. The average Bonchev–Trinajstić information content (AvgIpc) is 2.41. The van der Waals surface area contributed by atoms with E-state index in [0.29, 0.717) is 0 Å². The Labute approximate surface area is 133 Å². The fraction of sp³-hybridized carbons (Fsp3) is 0. The highest BCUT2D eigenvalue weighted by molar-refractivity contribution is 9.10. The molecule has 2 rings (SSSR count). The monoisotopic (exact) mass is 370 g/mol. The van der Waals surface area contributed by atoms with E-state index in [1.165, 1.54) is 36.4 Å². The summed E-state index contributed by atoms with van der Waals surface area (Å²) in [4.78, 5) is 12.0. The van der Waals surface area contributed by atoms with Gasteiger partial charge in [-0.3, -0.25) is 4.79 Å². The molecule has 1 amide bonds. The lowest BCUT2D eigenvalue weighted by Crippen LogP contribution is -2.19. The number of carbonyl (C=O) groups excluding carboxylic acids is 1. The van der Waals surface area contributed by atoms with Gasteiger partial charge in [-0.25, -0.2) is 8.78 Å². The first-order valence-electron chi connectivity index (χ1n) is 5.75. The first kappa shape index (κ1) is 15.5. The van der Waals surface area contributed by atoms with Crippen LogP contribution in [-0.4, -0.2) is 10.9 Å². The van der Waals surface area contributed by atoms with E-state index in [-0.39, 0.29) is 26.3 Å². The normalized spacial score (nSPS) is 10.2. The fourth-order valence-corrected chi connectivity index (χ4v) is 2.40. The Hall–Kier alpha value is -1.86. The first-order valence-corrected chi connectivity index (χ1v) is 6.95. The molecule has 0 atom stereocenters. The van der Waals surface area contributed by atoms with Gasteiger partial charge < -0.3 is 11.1 Å². The average molecular weight is 371 g/mol. The number of rotatable bonds is 3. The summed E-state index contributed by atoms with van der Waals surface area (Å²) >= 11 is 7.77. The van der Waals surface area contributed by atoms with Crippen LogP contribution in [0.5, 0.6) is 0 Å². The van der Waals surface area contributed by atoms with Crippen LogP contribution >= 0.6 is 28.1 Å². The van der Waals surface area contributed by atoms with Crippen LogP contribution in [0.2, 0.25) is 0 Å². The molecule has 0 bridgehead atoms. The molecule has 0 saturated heterocycles. The van der Waals surface area contributed by atoms with Crippen molar-refractivity contribution < 1.29 is 13.6 Å². The van der Waals surface area contributed by atoms with Crippen LogP contribution < -0.4 is 11.1 Å². The van der Waals surface area contributed by atoms with Crippen molar-refractivity contribution in [1.82, 2.24) is 0 Å². The van der Waals surface area contributed by atoms with Crippen molar-refractivity contribution in [2.75, 3.05) is 5.32 Å². The van der Waals surface area contributed by atoms with E-state index in [2.05, 4.69) is 21.2 Å². The number of carbonyl (C=O) groups is 1. The molecule has 0 spiro atoms. The molecule has 21 heavy (non-hydrogen) atoms. The van der Waals surface area contributed by atoms with Crippen molar-refractivity contribution in [2.24, 2.45) is 5.73 Å². The second-order valence-corrected chi connectivity index (χ2v) is 5.31. The Balaban J connectivity index is 2.39. The van der Waals surface area contributed by atoms with E-state index in [1.54, 1.807) is 0 Å². The molecule has 0 aromatic heterocycles. The van der Waals surface area contributed by atoms with Crippen LogP contribution in [0.1, 0.15) is 15.9 Å². The lowest BCUT2D eigenvalue weighted by atomic mass is 10.1. The van der Waals surface area contributed by atoms with Crippen LogP contribution in [0.15, 0.2) is 40.9 Å². The van der Waals surface area contributed by atoms with E-state index < -0.39 is 17.5 Å². The zero-order valence-electron chi connectivity index (χ0n) is 10.5. The number of hydrogen-bond donors (Lipinski definition) is 2. The van der Waals surface area contributed by atoms with Crippen LogP contribution in [0.4, 0.5) is 14.5 Å². The zero-order chi connectivity index (χ0) is 15.6. The lowest BCUT2D eigenvalue weighted by Gasteiger charge is -2.11. The second kappa shape index (κ2) is 6.28. The van der Waals surface area contributed by atoms with Gasteiger partial charge in [0, 0.05) is 0 Å². The van der Waals surface area contributed by atoms with Crippen molar-refractivity contribution in [2.45, 2.75) is 0 Å². The van der Waals surface area contributed by atoms with Crippen LogP contribution in [0, 0.1) is 11.6 Å². The van der Waals surface area contributed by atoms with Crippen LogP contribution in [0.25, 0.3) is 0 Å². The van der Waals surface area contributed by atoms with E-state index in [0.717, 1.165) is 0 Å². The number of amides is 1. The molecular formula is C14H9BrF2N2OS. The number of halogens is 3. The minimum atomic E-state index is -0.640. The summed E-state index contributed by atoms with van der Waals surface area (Å²) in [5, 5.41) is 2.47. The largest absolute Gasteiger partial charge is 0.389 e. The van der Waals surface area contributed by atoms with Gasteiger partial charge in [0.1, 0.15) is 16.6 Å². The van der Waals surface area contributed by atoms with Crippen molar-refractivity contribution in [1.29, 1.82) is 0 Å². The number of anilines is 1. The molecule has 0 aliphatic carbocycles. The summed E-state index contributed by atoms with van der Waals surface area (Å²) in [5.74, 6) is -1.82. The Morgan fingerprint density at radius 3 is 2.43 bits per heavy atom. The maximum absolute atomic E-state index is 13.7. The molecule has 0 radical (unpaired) electrons. The first-order chi connectivity index (χ1) is 9.91. The fourth-order valence-electron chi connectivity index (χ4n) is 1.75. The molecule has 3 N–H and O–H groups in total. The molecule has 108 valence electrons. The Kier molecular flexibility index (Phi) is 4.64. The highest BCUT2D eigenvalue weighted by Crippen LogP contribution is 2.24. The Morgan fingerprint density at radius 1 is 1.14 bits per heavy atom. The standard InChI is InChI=1S/C14H9BrF2N2OS/c15-12-7(3-1-5-9(12)17)14(20)19-10-6-2-4-8(16)11(10)13(18)21/h1-6H,(H2,18,21)(H,19,20). The molecule has 0 heterocycles. The molecule has 0 saturated carbocycles. The van der Waals surface area contributed by atoms with E-state index in [1.807, 2.05) is 0 Å². The maximum atomic E-state index is 13.7. The number of hydrogen-bond acceptors (Lipinski definition) is 2. The van der Waals surface area contributed by atoms with Crippen LogP contribution in [0.3, 0.4) is 0 Å². The SMILES string of the molecule is NC(=S)c1c(F)cccc1NC(=O)c1cccc(F)c1Br.